The van der Waals surface area contributed by atoms with E-state index in [-0.39, 0.29) is 0 Å². The molecule has 42 valence electrons. The summed E-state index contributed by atoms with van der Waals surface area (Å²) in [5.41, 5.74) is 11.2. The predicted molar refractivity (Wildman–Crippen MR) is 31.4 cm³/mol. The fourth-order valence-corrected chi connectivity index (χ4v) is 0.372. The highest BCUT2D eigenvalue weighted by Crippen LogP contribution is 1.92. The molecule has 2 heteroatoms. The van der Waals surface area contributed by atoms with E-state index in [4.69, 9.17) is 11.5 Å². The number of hydrogen-bond acceptors (Lipinski definition) is 2. The smallest absolute Gasteiger partial charge is 0.0238 e. The Balaban J connectivity index is 3.17. The van der Waals surface area contributed by atoms with Crippen molar-refractivity contribution in [2.24, 2.45) is 11.5 Å². The summed E-state index contributed by atoms with van der Waals surface area (Å²) >= 11 is 0. The lowest BCUT2D eigenvalue weighted by Crippen LogP contribution is -1.98. The molecule has 0 saturated heterocycles. The van der Waals surface area contributed by atoms with Gasteiger partial charge < -0.3 is 11.5 Å². The van der Waals surface area contributed by atoms with E-state index in [9.17, 15) is 0 Å². The summed E-state index contributed by atoms with van der Waals surface area (Å²) < 4.78 is 0. The fraction of sp³-hybridized carbons (Fsp3) is 0.600. The third-order valence-corrected chi connectivity index (χ3v) is 0.753. The first kappa shape index (κ1) is 6.34. The van der Waals surface area contributed by atoms with Crippen LogP contribution in [0.4, 0.5) is 0 Å². The third-order valence-electron chi connectivity index (χ3n) is 0.753. The van der Waals surface area contributed by atoms with E-state index in [1.807, 2.05) is 0 Å². The minimum absolute atomic E-state index is 0.780. The summed E-state index contributed by atoms with van der Waals surface area (Å²) in [6.45, 7) is 2.07. The molecule has 0 saturated carbocycles. The van der Waals surface area contributed by atoms with Crippen LogP contribution in [0.1, 0.15) is 19.8 Å². The molecule has 0 rings (SSSR count). The quantitative estimate of drug-likeness (QED) is 0.532. The Labute approximate surface area is 44.2 Å². The van der Waals surface area contributed by atoms with Crippen molar-refractivity contribution in [2.45, 2.75) is 19.8 Å². The Bertz CT molecular complexity index is 66.5. The normalized spacial score (nSPS) is 11.9. The molecular formula is C5H12N2. The molecule has 0 aliphatic heterocycles. The average Bonchev–Trinajstić information content (AvgIpc) is 1.68. The molecule has 0 aliphatic carbocycles. The van der Waals surface area contributed by atoms with Gasteiger partial charge in [0.1, 0.15) is 0 Å². The van der Waals surface area contributed by atoms with Crippen molar-refractivity contribution in [3.63, 3.8) is 0 Å². The monoisotopic (exact) mass is 100 g/mol. The SMILES string of the molecule is CCC/C(N)=C\N. The molecule has 0 aliphatic rings. The van der Waals surface area contributed by atoms with Crippen LogP contribution in [0.5, 0.6) is 0 Å². The summed E-state index contributed by atoms with van der Waals surface area (Å²) in [6, 6.07) is 0. The van der Waals surface area contributed by atoms with E-state index in [2.05, 4.69) is 6.92 Å². The molecule has 0 unspecified atom stereocenters. The van der Waals surface area contributed by atoms with Gasteiger partial charge in [-0.2, -0.15) is 0 Å². The zero-order chi connectivity index (χ0) is 5.70. The Kier molecular flexibility index (Phi) is 3.19. The lowest BCUT2D eigenvalue weighted by Gasteiger charge is -1.91. The molecule has 0 aromatic rings. The van der Waals surface area contributed by atoms with E-state index in [0.717, 1.165) is 18.5 Å². The van der Waals surface area contributed by atoms with Crippen molar-refractivity contribution < 1.29 is 0 Å². The first-order chi connectivity index (χ1) is 3.31. The van der Waals surface area contributed by atoms with Crippen molar-refractivity contribution in [3.05, 3.63) is 11.9 Å². The van der Waals surface area contributed by atoms with Gasteiger partial charge in [0, 0.05) is 11.9 Å². The number of hydrogen-bond donors (Lipinski definition) is 2. The molecule has 7 heavy (non-hydrogen) atoms. The number of nitrogens with two attached hydrogens (primary N) is 2. The molecule has 2 nitrogen and oxygen atoms in total. The first-order valence-electron chi connectivity index (χ1n) is 2.47. The van der Waals surface area contributed by atoms with Gasteiger partial charge in [0.25, 0.3) is 0 Å². The summed E-state index contributed by atoms with van der Waals surface area (Å²) in [7, 11) is 0. The Morgan fingerprint density at radius 3 is 2.43 bits per heavy atom. The Hall–Kier alpha value is -0.660. The van der Waals surface area contributed by atoms with Gasteiger partial charge in [-0.1, -0.05) is 13.3 Å². The van der Waals surface area contributed by atoms with Crippen LogP contribution in [0.3, 0.4) is 0 Å². The van der Waals surface area contributed by atoms with E-state index < -0.39 is 0 Å². The molecule has 0 spiro atoms. The summed E-state index contributed by atoms with van der Waals surface area (Å²) in [6.07, 6.45) is 3.43. The van der Waals surface area contributed by atoms with Crippen LogP contribution >= 0.6 is 0 Å². The van der Waals surface area contributed by atoms with Gasteiger partial charge in [-0.05, 0) is 6.42 Å². The molecule has 0 aromatic heterocycles. The van der Waals surface area contributed by atoms with Crippen molar-refractivity contribution in [1.82, 2.24) is 0 Å². The van der Waals surface area contributed by atoms with E-state index >= 15 is 0 Å². The zero-order valence-electron chi connectivity index (χ0n) is 4.65. The summed E-state index contributed by atoms with van der Waals surface area (Å²) in [5, 5.41) is 0. The maximum atomic E-state index is 5.32. The van der Waals surface area contributed by atoms with Crippen LogP contribution in [-0.4, -0.2) is 0 Å². The van der Waals surface area contributed by atoms with E-state index in [1.165, 1.54) is 6.20 Å². The van der Waals surface area contributed by atoms with Crippen LogP contribution in [0.15, 0.2) is 11.9 Å². The number of rotatable bonds is 2. The second-order valence-electron chi connectivity index (χ2n) is 1.49. The van der Waals surface area contributed by atoms with Gasteiger partial charge in [-0.25, -0.2) is 0 Å². The minimum atomic E-state index is 0.780. The summed E-state index contributed by atoms with van der Waals surface area (Å²) in [5.74, 6) is 0. The minimum Gasteiger partial charge on any atom is -0.403 e. The highest BCUT2D eigenvalue weighted by molar-refractivity contribution is 4.91. The molecular weight excluding hydrogens is 88.1 g/mol. The van der Waals surface area contributed by atoms with Crippen molar-refractivity contribution in [3.8, 4) is 0 Å². The van der Waals surface area contributed by atoms with Crippen LogP contribution in [0.2, 0.25) is 0 Å². The van der Waals surface area contributed by atoms with Crippen molar-refractivity contribution in [1.29, 1.82) is 0 Å². The average molecular weight is 100 g/mol. The molecule has 0 fully saturated rings. The standard InChI is InChI=1S/C5H12N2/c1-2-3-5(7)4-6/h4H,2-3,6-7H2,1H3/b5-4+. The van der Waals surface area contributed by atoms with Crippen LogP contribution < -0.4 is 11.5 Å². The van der Waals surface area contributed by atoms with Crippen molar-refractivity contribution in [2.75, 3.05) is 0 Å². The molecule has 0 heterocycles. The second-order valence-corrected chi connectivity index (χ2v) is 1.49. The van der Waals surface area contributed by atoms with Crippen molar-refractivity contribution >= 4 is 0 Å². The van der Waals surface area contributed by atoms with E-state index in [0.29, 0.717) is 0 Å². The largest absolute Gasteiger partial charge is 0.403 e. The Morgan fingerprint density at radius 2 is 2.29 bits per heavy atom. The van der Waals surface area contributed by atoms with Gasteiger partial charge in [-0.3, -0.25) is 0 Å². The van der Waals surface area contributed by atoms with Gasteiger partial charge in [0.2, 0.25) is 0 Å². The lowest BCUT2D eigenvalue weighted by molar-refractivity contribution is 0.888. The summed E-state index contributed by atoms with van der Waals surface area (Å²) in [4.78, 5) is 0. The zero-order valence-corrected chi connectivity index (χ0v) is 4.65. The van der Waals surface area contributed by atoms with Gasteiger partial charge in [0.15, 0.2) is 0 Å². The third kappa shape index (κ3) is 3.16. The number of allylic oxidation sites excluding steroid dienone is 1. The highest BCUT2D eigenvalue weighted by atomic mass is 14.6. The maximum Gasteiger partial charge on any atom is 0.0238 e. The van der Waals surface area contributed by atoms with Crippen LogP contribution in [0.25, 0.3) is 0 Å². The predicted octanol–water partition coefficient (Wildman–Crippen LogP) is 0.545. The van der Waals surface area contributed by atoms with Crippen LogP contribution in [-0.2, 0) is 0 Å². The van der Waals surface area contributed by atoms with Crippen LogP contribution in [0, 0.1) is 0 Å². The molecule has 0 amide bonds. The lowest BCUT2D eigenvalue weighted by atomic mass is 10.3. The molecule has 0 radical (unpaired) electrons. The Morgan fingerprint density at radius 1 is 1.71 bits per heavy atom. The van der Waals surface area contributed by atoms with Gasteiger partial charge in [-0.15, -0.1) is 0 Å². The van der Waals surface area contributed by atoms with E-state index in [1.54, 1.807) is 0 Å². The van der Waals surface area contributed by atoms with Gasteiger partial charge >= 0.3 is 0 Å². The molecule has 0 atom stereocenters. The topological polar surface area (TPSA) is 52.0 Å². The molecule has 4 N–H and O–H groups in total. The molecule has 0 bridgehead atoms. The first-order valence-corrected chi connectivity index (χ1v) is 2.47. The van der Waals surface area contributed by atoms with Gasteiger partial charge in [0.05, 0.1) is 0 Å². The molecule has 0 aromatic carbocycles. The second kappa shape index (κ2) is 3.53. The highest BCUT2D eigenvalue weighted by Gasteiger charge is 1.80. The maximum absolute atomic E-state index is 5.32. The fourth-order valence-electron chi connectivity index (χ4n) is 0.372.